The summed E-state index contributed by atoms with van der Waals surface area (Å²) in [6.45, 7) is -0.474. The summed E-state index contributed by atoms with van der Waals surface area (Å²) in [6.07, 6.45) is 0.242. The number of hydrogen-bond donors (Lipinski definition) is 1. The topological polar surface area (TPSA) is 53.7 Å². The second kappa shape index (κ2) is 6.30. The minimum atomic E-state index is -0.474. The van der Waals surface area contributed by atoms with E-state index < -0.39 is 12.7 Å². The average molecular weight is 243 g/mol. The minimum absolute atomic E-state index is 0.242. The van der Waals surface area contributed by atoms with Crippen molar-refractivity contribution in [3.8, 4) is 17.2 Å². The second-order valence-corrected chi connectivity index (χ2v) is 3.53. The molecule has 0 saturated carbocycles. The maximum absolute atomic E-state index is 12.3. The summed E-state index contributed by atoms with van der Waals surface area (Å²) in [5, 5.41) is 0. The lowest BCUT2D eigenvalue weighted by Crippen LogP contribution is -2.12. The van der Waals surface area contributed by atoms with E-state index in [1.54, 1.807) is 19.2 Å². The normalized spacial score (nSPS) is 12.1. The molecular formula is C12H18FNO3. The molecule has 17 heavy (non-hydrogen) atoms. The Kier molecular flexibility index (Phi) is 5.03. The molecule has 0 radical (unpaired) electrons. The van der Waals surface area contributed by atoms with Gasteiger partial charge in [0.2, 0.25) is 0 Å². The van der Waals surface area contributed by atoms with Crippen LogP contribution in [0.25, 0.3) is 0 Å². The predicted octanol–water partition coefficient (Wildman–Crippen LogP) is 2.07. The maximum Gasteiger partial charge on any atom is 0.164 e. The highest BCUT2D eigenvalue weighted by Gasteiger charge is 2.16. The molecule has 0 saturated heterocycles. The van der Waals surface area contributed by atoms with E-state index in [0.717, 1.165) is 0 Å². The zero-order valence-corrected chi connectivity index (χ0v) is 10.3. The van der Waals surface area contributed by atoms with Crippen LogP contribution in [0.1, 0.15) is 18.0 Å². The number of nitrogens with two attached hydrogens (primary N) is 1. The third-order valence-electron chi connectivity index (χ3n) is 2.56. The van der Waals surface area contributed by atoms with Crippen LogP contribution >= 0.6 is 0 Å². The molecule has 5 heteroatoms. The predicted molar refractivity (Wildman–Crippen MR) is 63.6 cm³/mol. The van der Waals surface area contributed by atoms with Crippen LogP contribution in [0.5, 0.6) is 17.2 Å². The smallest absolute Gasteiger partial charge is 0.164 e. The van der Waals surface area contributed by atoms with Gasteiger partial charge in [0.1, 0.15) is 5.75 Å². The quantitative estimate of drug-likeness (QED) is 0.831. The van der Waals surface area contributed by atoms with Crippen molar-refractivity contribution < 1.29 is 18.6 Å². The Labute approximate surface area is 100 Å². The van der Waals surface area contributed by atoms with Gasteiger partial charge in [-0.1, -0.05) is 0 Å². The summed E-state index contributed by atoms with van der Waals surface area (Å²) < 4.78 is 27.9. The molecule has 0 bridgehead atoms. The second-order valence-electron chi connectivity index (χ2n) is 3.53. The van der Waals surface area contributed by atoms with Gasteiger partial charge in [-0.05, 0) is 12.5 Å². The van der Waals surface area contributed by atoms with Gasteiger partial charge in [-0.25, -0.2) is 0 Å². The van der Waals surface area contributed by atoms with Gasteiger partial charge >= 0.3 is 0 Å². The fraction of sp³-hybridized carbons (Fsp3) is 0.500. The summed E-state index contributed by atoms with van der Waals surface area (Å²) in [7, 11) is 4.61. The van der Waals surface area contributed by atoms with Crippen LogP contribution < -0.4 is 19.9 Å². The molecule has 1 aromatic carbocycles. The van der Waals surface area contributed by atoms with E-state index in [2.05, 4.69) is 0 Å². The molecule has 1 rings (SSSR count). The largest absolute Gasteiger partial charge is 0.496 e. The van der Waals surface area contributed by atoms with Crippen LogP contribution in [-0.2, 0) is 0 Å². The zero-order chi connectivity index (χ0) is 12.8. The number of halogens is 1. The molecular weight excluding hydrogens is 225 g/mol. The van der Waals surface area contributed by atoms with E-state index in [-0.39, 0.29) is 6.42 Å². The average Bonchev–Trinajstić information content (AvgIpc) is 2.37. The number of ether oxygens (including phenoxy) is 3. The first-order valence-corrected chi connectivity index (χ1v) is 5.29. The van der Waals surface area contributed by atoms with Crippen molar-refractivity contribution in [1.82, 2.24) is 0 Å². The van der Waals surface area contributed by atoms with E-state index in [1.807, 2.05) is 0 Å². The molecule has 2 N–H and O–H groups in total. The van der Waals surface area contributed by atoms with Gasteiger partial charge in [-0.2, -0.15) is 0 Å². The Morgan fingerprint density at radius 3 is 2.06 bits per heavy atom. The van der Waals surface area contributed by atoms with E-state index in [1.165, 1.54) is 14.2 Å². The number of methoxy groups -OCH3 is 3. The van der Waals surface area contributed by atoms with Crippen LogP contribution in [-0.4, -0.2) is 28.0 Å². The molecule has 1 aromatic rings. The lowest BCUT2D eigenvalue weighted by atomic mass is 10.0. The van der Waals surface area contributed by atoms with Gasteiger partial charge in [0.25, 0.3) is 0 Å². The molecule has 0 spiro atoms. The number of rotatable bonds is 6. The molecule has 0 aliphatic rings. The summed E-state index contributed by atoms with van der Waals surface area (Å²) in [4.78, 5) is 0. The molecule has 0 heterocycles. The van der Waals surface area contributed by atoms with Gasteiger partial charge in [0.15, 0.2) is 11.5 Å². The highest BCUT2D eigenvalue weighted by atomic mass is 19.1. The maximum atomic E-state index is 12.3. The van der Waals surface area contributed by atoms with Gasteiger partial charge < -0.3 is 19.9 Å². The van der Waals surface area contributed by atoms with Gasteiger partial charge in [0, 0.05) is 17.7 Å². The number of hydrogen-bond acceptors (Lipinski definition) is 4. The Bertz CT molecular complexity index is 371. The first kappa shape index (κ1) is 13.6. The van der Waals surface area contributed by atoms with Crippen molar-refractivity contribution in [3.63, 3.8) is 0 Å². The van der Waals surface area contributed by atoms with Crippen molar-refractivity contribution in [3.05, 3.63) is 17.7 Å². The van der Waals surface area contributed by atoms with Crippen molar-refractivity contribution in [2.24, 2.45) is 5.73 Å². The highest BCUT2D eigenvalue weighted by Crippen LogP contribution is 2.37. The summed E-state index contributed by atoms with van der Waals surface area (Å²) >= 11 is 0. The zero-order valence-electron chi connectivity index (χ0n) is 10.3. The SMILES string of the molecule is COc1cc(OC)c([C@@H](N)CCF)cc1OC. The first-order chi connectivity index (χ1) is 8.17. The Morgan fingerprint density at radius 2 is 1.59 bits per heavy atom. The summed E-state index contributed by atoms with van der Waals surface area (Å²) in [5.74, 6) is 1.68. The minimum Gasteiger partial charge on any atom is -0.496 e. The van der Waals surface area contributed by atoms with Crippen LogP contribution in [0, 0.1) is 0 Å². The Hall–Kier alpha value is -1.49. The van der Waals surface area contributed by atoms with Gasteiger partial charge in [0.05, 0.1) is 28.0 Å². The first-order valence-electron chi connectivity index (χ1n) is 5.29. The lowest BCUT2D eigenvalue weighted by molar-refractivity contribution is 0.345. The molecule has 0 amide bonds. The van der Waals surface area contributed by atoms with Crippen molar-refractivity contribution in [1.29, 1.82) is 0 Å². The fourth-order valence-electron chi connectivity index (χ4n) is 1.62. The molecule has 0 aromatic heterocycles. The molecule has 1 atom stereocenters. The van der Waals surface area contributed by atoms with E-state index in [4.69, 9.17) is 19.9 Å². The number of benzene rings is 1. The molecule has 4 nitrogen and oxygen atoms in total. The van der Waals surface area contributed by atoms with E-state index in [9.17, 15) is 4.39 Å². The molecule has 0 aliphatic heterocycles. The van der Waals surface area contributed by atoms with E-state index in [0.29, 0.717) is 22.8 Å². The van der Waals surface area contributed by atoms with E-state index >= 15 is 0 Å². The summed E-state index contributed by atoms with van der Waals surface area (Å²) in [5.41, 5.74) is 6.59. The standard InChI is InChI=1S/C12H18FNO3/c1-15-10-7-12(17-3)11(16-2)6-8(10)9(14)4-5-13/h6-7,9H,4-5,14H2,1-3H3/t9-/m0/s1. The third kappa shape index (κ3) is 3.00. The van der Waals surface area contributed by atoms with Crippen molar-refractivity contribution >= 4 is 0 Å². The van der Waals surface area contributed by atoms with Crippen molar-refractivity contribution in [2.75, 3.05) is 28.0 Å². The van der Waals surface area contributed by atoms with Crippen LogP contribution in [0.3, 0.4) is 0 Å². The number of alkyl halides is 1. The highest BCUT2D eigenvalue weighted by molar-refractivity contribution is 5.51. The van der Waals surface area contributed by atoms with Crippen LogP contribution in [0.2, 0.25) is 0 Å². The molecule has 96 valence electrons. The lowest BCUT2D eigenvalue weighted by Gasteiger charge is -2.17. The molecule has 0 unspecified atom stereocenters. The van der Waals surface area contributed by atoms with Crippen LogP contribution in [0.4, 0.5) is 4.39 Å². The van der Waals surface area contributed by atoms with Gasteiger partial charge in [-0.15, -0.1) is 0 Å². The Balaban J connectivity index is 3.18. The van der Waals surface area contributed by atoms with Crippen molar-refractivity contribution in [2.45, 2.75) is 12.5 Å². The molecule has 0 aliphatic carbocycles. The van der Waals surface area contributed by atoms with Crippen LogP contribution in [0.15, 0.2) is 12.1 Å². The summed E-state index contributed by atoms with van der Waals surface area (Å²) in [6, 6.07) is 2.99. The van der Waals surface area contributed by atoms with Gasteiger partial charge in [-0.3, -0.25) is 4.39 Å². The Morgan fingerprint density at radius 1 is 1.06 bits per heavy atom. The molecule has 0 fully saturated rings. The fourth-order valence-corrected chi connectivity index (χ4v) is 1.62. The monoisotopic (exact) mass is 243 g/mol. The third-order valence-corrected chi connectivity index (χ3v) is 2.56.